The maximum Gasteiger partial charge on any atom is 1.00 e. The number of nitrogen functional groups attached to an aromatic ring is 1. The Balaban J connectivity index is 0.000000199. The summed E-state index contributed by atoms with van der Waals surface area (Å²) < 4.78 is 80.1. The van der Waals surface area contributed by atoms with E-state index in [2.05, 4.69) is 51.2 Å². The number of para-hydroxylation sites is 2. The van der Waals surface area contributed by atoms with Gasteiger partial charge in [-0.2, -0.15) is 0 Å². The molecule has 44 heteroatoms. The van der Waals surface area contributed by atoms with Crippen LogP contribution in [0, 0.1) is 52.1 Å². The Morgan fingerprint density at radius 2 is 0.707 bits per heavy atom. The van der Waals surface area contributed by atoms with Crippen molar-refractivity contribution in [2.24, 2.45) is 5.73 Å². The average Bonchev–Trinajstić information content (AvgIpc) is 1.64. The quantitative estimate of drug-likeness (QED) is 0.0152. The van der Waals surface area contributed by atoms with E-state index in [0.29, 0.717) is 112 Å². The normalized spacial score (nSPS) is 10.5. The van der Waals surface area contributed by atoms with Gasteiger partial charge in [-0.05, 0) is 207 Å². The summed E-state index contributed by atoms with van der Waals surface area (Å²) in [6.45, 7) is 9.40. The summed E-state index contributed by atoms with van der Waals surface area (Å²) in [5.74, 6) is -4.29. The van der Waals surface area contributed by atoms with E-state index in [1.807, 2.05) is 30.3 Å². The Bertz CT molecular complexity index is 7990. The molecule has 33 nitrogen and oxygen atoms in total. The summed E-state index contributed by atoms with van der Waals surface area (Å²) in [6.07, 6.45) is 0. The van der Waals surface area contributed by atoms with Gasteiger partial charge in [-0.3, -0.25) is 28.8 Å². The van der Waals surface area contributed by atoms with Crippen molar-refractivity contribution in [3.63, 3.8) is 0 Å². The zero-order chi connectivity index (χ0) is 103. The van der Waals surface area contributed by atoms with Gasteiger partial charge in [0.25, 0.3) is 34.1 Å². The van der Waals surface area contributed by atoms with Gasteiger partial charge in [-0.25, -0.2) is 32.3 Å². The van der Waals surface area contributed by atoms with Crippen molar-refractivity contribution in [2.45, 2.75) is 67.3 Å². The summed E-state index contributed by atoms with van der Waals surface area (Å²) in [7, 11) is 2.66. The maximum atomic E-state index is 14.2. The number of pyridine rings is 2. The van der Waals surface area contributed by atoms with Gasteiger partial charge in [-0.1, -0.05) is 187 Å². The van der Waals surface area contributed by atoms with Gasteiger partial charge in [0.05, 0.1) is 114 Å². The molecule has 0 saturated heterocycles. The van der Waals surface area contributed by atoms with Crippen molar-refractivity contribution in [2.75, 3.05) is 25.3 Å². The van der Waals surface area contributed by atoms with Gasteiger partial charge in [0.2, 0.25) is 0 Å². The van der Waals surface area contributed by atoms with Crippen LogP contribution in [0.3, 0.4) is 0 Å². The zero-order valence-corrected chi connectivity index (χ0v) is 83.8. The molecule has 0 unspecified atom stereocenters. The van der Waals surface area contributed by atoms with Gasteiger partial charge in [0.15, 0.2) is 0 Å². The van der Waals surface area contributed by atoms with Crippen molar-refractivity contribution >= 4 is 184 Å². The molecule has 3 amide bonds. The minimum atomic E-state index is -1.03. The number of esters is 2. The average molecular weight is 2140 g/mol. The summed E-state index contributed by atoms with van der Waals surface area (Å²) in [5, 5.41) is 48.2. The number of carbonyl (C=O) groups excluding carboxylic acids is 6. The van der Waals surface area contributed by atoms with Crippen molar-refractivity contribution in [1.29, 1.82) is 0 Å². The number of benzene rings is 11. The number of aromatic carboxylic acids is 2. The predicted octanol–water partition coefficient (Wildman–Crippen LogP) is 18.2. The third-order valence-corrected chi connectivity index (χ3v) is 23.7. The Kier molecular flexibility index (Phi) is 40.5. The maximum absolute atomic E-state index is 14.2. The molecule has 7 heterocycles. The molecule has 147 heavy (non-hydrogen) atoms. The molecular formula is C103H83Cl7F3LiN12O21. The number of anilines is 2. The number of hydrogen-bond acceptors (Lipinski definition) is 25. The molecule has 0 spiro atoms. The summed E-state index contributed by atoms with van der Waals surface area (Å²) >= 11 is 36.2. The number of carbonyl (C=O) groups is 8. The first kappa shape index (κ1) is 115. The molecule has 12 N–H and O–H groups in total. The van der Waals surface area contributed by atoms with E-state index in [0.717, 1.165) is 22.3 Å². The van der Waals surface area contributed by atoms with Crippen LogP contribution in [0.5, 0.6) is 0 Å². The second-order valence-electron chi connectivity index (χ2n) is 31.1. The number of carboxylic acid groups (broad SMARTS) is 2. The Labute approximate surface area is 879 Å². The van der Waals surface area contributed by atoms with Gasteiger partial charge in [0, 0.05) is 36.0 Å². The smallest absolute Gasteiger partial charge is 0.870 e. The molecule has 18 rings (SSSR count). The fourth-order valence-electron chi connectivity index (χ4n) is 14.7. The number of aromatic nitrogens is 7. The van der Waals surface area contributed by atoms with E-state index in [-0.39, 0.29) is 179 Å². The van der Waals surface area contributed by atoms with E-state index in [1.54, 1.807) is 164 Å². The van der Waals surface area contributed by atoms with Crippen LogP contribution in [-0.2, 0) is 42.2 Å². The van der Waals surface area contributed by atoms with E-state index in [1.165, 1.54) is 100 Å². The third-order valence-electron chi connectivity index (χ3n) is 21.9. The largest absolute Gasteiger partial charge is 1.00 e. The topological polar surface area (TPSA) is 519 Å². The van der Waals surface area contributed by atoms with Crippen LogP contribution >= 0.6 is 82.0 Å². The SMILES string of the molecule is COC(=O)c1ccc(CN)cc1.COC(=O)c1ccc(CNC(=O)c2c(-c3c(F)cccc3Cl)noc2C)cc1.Cc1onc(-c2c(F)cccc2Cl)c1C(=O)Cl.Cc1onc(-c2c(F)cccc2Cl)c1C(=O)NCc1ccc(C(=O)O)cc1.Cc1onc2c1c(=O)n(Cc1ccc(C(=O)Nc3ccccc3N)cc1)c1cccc(Cl)c21.Cc1onc2c1c(=O)n(Cc1ccc(C(=O)O)cc1)c1cccc(Cl)c21.Cl.O.[Li+].[OH-]. The minimum absolute atomic E-state index is 0. The van der Waals surface area contributed by atoms with Crippen LogP contribution < -0.4 is 57.4 Å². The number of carboxylic acids is 2. The first-order valence-electron chi connectivity index (χ1n) is 42.6. The third kappa shape index (κ3) is 26.6. The number of nitrogens with zero attached hydrogens (tertiary/aromatic N) is 7. The van der Waals surface area contributed by atoms with E-state index >= 15 is 0 Å². The molecule has 0 fully saturated rings. The first-order valence-corrected chi connectivity index (χ1v) is 44.8. The van der Waals surface area contributed by atoms with Crippen LogP contribution in [0.4, 0.5) is 24.5 Å². The van der Waals surface area contributed by atoms with E-state index in [4.69, 9.17) is 114 Å². The van der Waals surface area contributed by atoms with Gasteiger partial charge in [0.1, 0.15) is 102 Å². The Hall–Kier alpha value is -15.5. The Morgan fingerprint density at radius 1 is 0.395 bits per heavy atom. The number of nitrogens with one attached hydrogen (secondary N) is 3. The summed E-state index contributed by atoms with van der Waals surface area (Å²) in [4.78, 5) is 120. The van der Waals surface area contributed by atoms with Crippen LogP contribution in [-0.4, -0.2) is 117 Å². The number of methoxy groups -OCH3 is 2. The molecule has 0 bridgehead atoms. The fraction of sp³-hybridized carbons (Fsp3) is 0.117. The van der Waals surface area contributed by atoms with Crippen LogP contribution in [0.1, 0.15) is 139 Å². The second-order valence-corrected chi connectivity index (χ2v) is 33.5. The summed E-state index contributed by atoms with van der Waals surface area (Å²) in [6, 6.07) is 63.5. The van der Waals surface area contributed by atoms with E-state index in [9.17, 15) is 61.1 Å². The molecule has 0 aliphatic rings. The van der Waals surface area contributed by atoms with Crippen molar-refractivity contribution in [3.05, 3.63) is 401 Å². The Morgan fingerprint density at radius 3 is 1.05 bits per heavy atom. The molecule has 0 radical (unpaired) electrons. The number of ether oxygens (including phenoxy) is 2. The van der Waals surface area contributed by atoms with Crippen LogP contribution in [0.15, 0.2) is 269 Å². The molecule has 0 atom stereocenters. The number of rotatable bonds is 21. The monoisotopic (exact) mass is 2130 g/mol. The number of aryl methyl sites for hydroxylation is 5. The van der Waals surface area contributed by atoms with Crippen LogP contribution in [0.25, 0.3) is 77.4 Å². The molecule has 11 aromatic carbocycles. The number of halogens is 10. The molecular weight excluding hydrogens is 2050 g/mol. The molecule has 752 valence electrons. The molecule has 0 aliphatic carbocycles. The first-order chi connectivity index (χ1) is 68.5. The van der Waals surface area contributed by atoms with Gasteiger partial charge < -0.3 is 89.8 Å². The number of amides is 3. The number of fused-ring (bicyclic) bond motifs is 6. The summed E-state index contributed by atoms with van der Waals surface area (Å²) in [5.41, 5.74) is 20.3. The van der Waals surface area contributed by atoms with Crippen molar-refractivity contribution in [1.82, 2.24) is 45.6 Å². The standard InChI is InChI=1S/C25H19ClN4O3.C20H16ClFN2O4.C19H14ClFN2O4.C19H13ClN2O4.C11H6Cl2FNO2.C9H11NO2.ClH.Li.2H2O/c1-14-21-23(29-33-14)22-17(26)5-4-8-20(22)30(25(21)32)13-15-9-11-16(12-10-15)24(31)28-19-7-3-2-6-18(19)27;1-11-16(18(24-28-11)17-14(21)4-3-5-15(17)22)19(25)23-10-12-6-8-13(9-7-12)20(26)27-2;1-10-15(17(23-27-10)16-13(20)3-2-4-14(16)21)18(24)22-9-11-5-7-12(8-6-11)19(25)26;1-10-15-17(21-26-10)16-13(20)3-2-4-14(16)22(18(15)23)9-11-5-7-12(8-6-11)19(24)25;1-5-8(11(13)16)10(15-17-5)9-6(12)3-2-4-7(9)14;1-12-9(11)8-4-2-7(6-10)3-5-8;;;;/h2-12H,13,27H2,1H3,(H,28,31);3-9H,10H2,1-2H3,(H,23,25);2-8H,9H2,1H3,(H,22,24)(H,25,26);2-8H,9H2,1H3,(H,24,25);2-4H,1H3;2-5H,6,10H2,1H3;1H;;2*1H2/q;;;;;;;+1;;/p-1. The fourth-order valence-corrected chi connectivity index (χ4v) is 16.2. The number of hydrogen-bond donors (Lipinski definition) is 7. The zero-order valence-electron chi connectivity index (χ0n) is 78.4. The molecule has 0 aliphatic heterocycles. The van der Waals surface area contributed by atoms with Crippen molar-refractivity contribution in [3.8, 4) is 33.8 Å². The minimum Gasteiger partial charge on any atom is -0.870 e. The van der Waals surface area contributed by atoms with Crippen molar-refractivity contribution < 1.29 is 124 Å². The van der Waals surface area contributed by atoms with E-state index < -0.39 is 52.4 Å². The van der Waals surface area contributed by atoms with Crippen LogP contribution in [0.2, 0.25) is 25.1 Å². The van der Waals surface area contributed by atoms with Gasteiger partial charge in [-0.15, -0.1) is 12.4 Å². The number of nitrogens with two attached hydrogens (primary N) is 2. The molecule has 7 aromatic heterocycles. The molecule has 0 saturated carbocycles. The predicted molar refractivity (Wildman–Crippen MR) is 545 cm³/mol. The molecule has 18 aromatic rings. The second kappa shape index (κ2) is 51.8. The van der Waals surface area contributed by atoms with Gasteiger partial charge >= 0.3 is 42.7 Å².